The molecule has 0 unspecified atom stereocenters. The van der Waals surface area contributed by atoms with Gasteiger partial charge in [0, 0.05) is 0 Å². The van der Waals surface area contributed by atoms with E-state index in [9.17, 15) is 14.0 Å². The Balaban J connectivity index is 1.42. The van der Waals surface area contributed by atoms with Crippen LogP contribution in [-0.4, -0.2) is 36.3 Å². The molecule has 3 aromatic rings. The highest BCUT2D eigenvalue weighted by molar-refractivity contribution is 8.18. The molecule has 0 N–H and O–H groups in total. The third-order valence-corrected chi connectivity index (χ3v) is 6.15. The number of ether oxygens (including phenoxy) is 3. The number of amides is 2. The molecule has 0 atom stereocenters. The zero-order valence-corrected chi connectivity index (χ0v) is 20.1. The van der Waals surface area contributed by atoms with Crippen molar-refractivity contribution in [2.24, 2.45) is 0 Å². The summed E-state index contributed by atoms with van der Waals surface area (Å²) in [6, 6.07) is 18.8. The molecule has 1 heterocycles. The van der Waals surface area contributed by atoms with Gasteiger partial charge < -0.3 is 14.2 Å². The Hall–Kier alpha value is -3.78. The predicted octanol–water partition coefficient (Wildman–Crippen LogP) is 5.84. The molecule has 0 spiro atoms. The number of hydrogen-bond acceptors (Lipinski definition) is 6. The molecule has 0 aliphatic carbocycles. The number of benzene rings is 3. The maximum absolute atomic E-state index is 13.1. The van der Waals surface area contributed by atoms with Crippen molar-refractivity contribution in [3.63, 3.8) is 0 Å². The highest BCUT2D eigenvalue weighted by Crippen LogP contribution is 2.34. The summed E-state index contributed by atoms with van der Waals surface area (Å²) in [5, 5.41) is -0.338. The van der Waals surface area contributed by atoms with Crippen LogP contribution in [0.1, 0.15) is 16.7 Å². The fraction of sp³-hybridized carbons (Fsp3) is 0.185. The quantitative estimate of drug-likeness (QED) is 0.349. The van der Waals surface area contributed by atoms with Gasteiger partial charge in [0.15, 0.2) is 11.5 Å². The molecule has 4 rings (SSSR count). The maximum atomic E-state index is 13.1. The first-order chi connectivity index (χ1) is 16.9. The van der Waals surface area contributed by atoms with E-state index in [1.165, 1.54) is 24.1 Å². The van der Waals surface area contributed by atoms with Crippen LogP contribution in [-0.2, 0) is 11.4 Å². The lowest BCUT2D eigenvalue weighted by Crippen LogP contribution is -2.32. The number of rotatable bonds is 9. The van der Waals surface area contributed by atoms with Crippen LogP contribution in [0.3, 0.4) is 0 Å². The number of carbonyl (C=O) groups is 2. The van der Waals surface area contributed by atoms with Crippen LogP contribution in [0.25, 0.3) is 6.08 Å². The third-order valence-electron chi connectivity index (χ3n) is 5.24. The van der Waals surface area contributed by atoms with E-state index in [1.807, 2.05) is 31.2 Å². The number of carbonyl (C=O) groups excluding carboxylic acids is 2. The molecule has 0 aromatic heterocycles. The summed E-state index contributed by atoms with van der Waals surface area (Å²) in [5.41, 5.74) is 2.55. The van der Waals surface area contributed by atoms with Crippen LogP contribution in [0, 0.1) is 12.7 Å². The van der Waals surface area contributed by atoms with Gasteiger partial charge in [-0.2, -0.15) is 0 Å². The van der Waals surface area contributed by atoms with Gasteiger partial charge in [-0.3, -0.25) is 14.5 Å². The number of nitrogens with zero attached hydrogens (tertiary/aromatic N) is 1. The molecule has 6 nitrogen and oxygen atoms in total. The minimum absolute atomic E-state index is 0.157. The molecule has 1 fully saturated rings. The Morgan fingerprint density at radius 1 is 0.971 bits per heavy atom. The lowest BCUT2D eigenvalue weighted by molar-refractivity contribution is -0.123. The Bertz CT molecular complexity index is 1260. The molecule has 1 aliphatic heterocycles. The molecular weight excluding hydrogens is 469 g/mol. The number of imide groups is 1. The molecule has 35 heavy (non-hydrogen) atoms. The molecule has 1 aliphatic rings. The van der Waals surface area contributed by atoms with Crippen molar-refractivity contribution >= 4 is 29.0 Å². The van der Waals surface area contributed by atoms with E-state index in [-0.39, 0.29) is 36.7 Å². The molecule has 0 saturated carbocycles. The molecule has 8 heteroatoms. The summed E-state index contributed by atoms with van der Waals surface area (Å²) < 4.78 is 30.1. The summed E-state index contributed by atoms with van der Waals surface area (Å²) in [7, 11) is 1.53. The second-order valence-corrected chi connectivity index (χ2v) is 8.82. The second-order valence-electron chi connectivity index (χ2n) is 7.82. The number of halogens is 1. The van der Waals surface area contributed by atoms with E-state index in [4.69, 9.17) is 14.2 Å². The van der Waals surface area contributed by atoms with Gasteiger partial charge in [0.2, 0.25) is 0 Å². The second kappa shape index (κ2) is 11.1. The van der Waals surface area contributed by atoms with Crippen molar-refractivity contribution in [1.82, 2.24) is 4.90 Å². The highest BCUT2D eigenvalue weighted by Gasteiger charge is 2.34. The van der Waals surface area contributed by atoms with E-state index in [0.717, 1.165) is 22.9 Å². The third kappa shape index (κ3) is 6.22. The fourth-order valence-electron chi connectivity index (χ4n) is 3.44. The first-order valence-electron chi connectivity index (χ1n) is 10.9. The molecule has 3 aromatic carbocycles. The number of hydrogen-bond donors (Lipinski definition) is 0. The van der Waals surface area contributed by atoms with Crippen molar-refractivity contribution in [1.29, 1.82) is 0 Å². The van der Waals surface area contributed by atoms with Gasteiger partial charge in [-0.15, -0.1) is 0 Å². The highest BCUT2D eigenvalue weighted by atomic mass is 32.2. The summed E-state index contributed by atoms with van der Waals surface area (Å²) in [6.45, 7) is 2.55. The van der Waals surface area contributed by atoms with Crippen LogP contribution in [0.4, 0.5) is 9.18 Å². The average molecular weight is 494 g/mol. The predicted molar refractivity (Wildman–Crippen MR) is 133 cm³/mol. The summed E-state index contributed by atoms with van der Waals surface area (Å²) >= 11 is 0.888. The van der Waals surface area contributed by atoms with Crippen molar-refractivity contribution < 1.29 is 28.2 Å². The minimum Gasteiger partial charge on any atom is -0.493 e. The normalized spacial score (nSPS) is 14.5. The van der Waals surface area contributed by atoms with E-state index in [2.05, 4.69) is 0 Å². The monoisotopic (exact) mass is 493 g/mol. The zero-order valence-electron chi connectivity index (χ0n) is 19.3. The number of methoxy groups -OCH3 is 1. The topological polar surface area (TPSA) is 65.1 Å². The molecule has 180 valence electrons. The lowest BCUT2D eigenvalue weighted by atomic mass is 10.1. The Kier molecular flexibility index (Phi) is 7.72. The molecule has 0 radical (unpaired) electrons. The van der Waals surface area contributed by atoms with Gasteiger partial charge in [0.05, 0.1) is 18.6 Å². The lowest BCUT2D eigenvalue weighted by Gasteiger charge is -2.13. The van der Waals surface area contributed by atoms with Gasteiger partial charge in [-0.1, -0.05) is 30.3 Å². The minimum atomic E-state index is -0.363. The van der Waals surface area contributed by atoms with E-state index in [0.29, 0.717) is 27.7 Å². The number of aryl methyl sites for hydroxylation is 1. The standard InChI is InChI=1S/C27H24FNO5S/c1-18-4-3-5-22(14-18)33-13-12-29-26(30)25(35-27(29)31)16-20-8-11-23(32-2)24(15-20)34-17-19-6-9-21(28)10-7-19/h3-11,14-16H,12-13,17H2,1-2H3/b25-16-. The van der Waals surface area contributed by atoms with Crippen LogP contribution < -0.4 is 14.2 Å². The van der Waals surface area contributed by atoms with Crippen molar-refractivity contribution in [3.05, 3.63) is 94.1 Å². The van der Waals surface area contributed by atoms with E-state index < -0.39 is 0 Å². The van der Waals surface area contributed by atoms with Crippen LogP contribution in [0.5, 0.6) is 17.2 Å². The first-order valence-corrected chi connectivity index (χ1v) is 11.7. The van der Waals surface area contributed by atoms with Crippen molar-refractivity contribution in [2.45, 2.75) is 13.5 Å². The maximum Gasteiger partial charge on any atom is 0.293 e. The Morgan fingerprint density at radius 2 is 1.77 bits per heavy atom. The molecular formula is C27H24FNO5S. The summed E-state index contributed by atoms with van der Waals surface area (Å²) in [6.07, 6.45) is 1.65. The first kappa shape index (κ1) is 24.3. The van der Waals surface area contributed by atoms with Crippen molar-refractivity contribution in [2.75, 3.05) is 20.3 Å². The Labute approximate surface area is 207 Å². The molecule has 1 saturated heterocycles. The van der Waals surface area contributed by atoms with Gasteiger partial charge in [-0.25, -0.2) is 4.39 Å². The van der Waals surface area contributed by atoms with Gasteiger partial charge in [-0.05, 0) is 77.9 Å². The van der Waals surface area contributed by atoms with Gasteiger partial charge in [0.1, 0.15) is 24.8 Å². The summed E-state index contributed by atoms with van der Waals surface area (Å²) in [4.78, 5) is 26.8. The fourth-order valence-corrected chi connectivity index (χ4v) is 4.31. The van der Waals surface area contributed by atoms with E-state index >= 15 is 0 Å². The van der Waals surface area contributed by atoms with Crippen LogP contribution in [0.2, 0.25) is 0 Å². The van der Waals surface area contributed by atoms with Crippen molar-refractivity contribution in [3.8, 4) is 17.2 Å². The van der Waals surface area contributed by atoms with Crippen LogP contribution >= 0.6 is 11.8 Å². The molecule has 0 bridgehead atoms. The van der Waals surface area contributed by atoms with Crippen LogP contribution in [0.15, 0.2) is 71.6 Å². The molecule has 2 amide bonds. The van der Waals surface area contributed by atoms with E-state index in [1.54, 1.807) is 36.4 Å². The summed E-state index contributed by atoms with van der Waals surface area (Å²) in [5.74, 6) is 1.00. The average Bonchev–Trinajstić information content (AvgIpc) is 3.11. The smallest absolute Gasteiger partial charge is 0.293 e. The van der Waals surface area contributed by atoms with Gasteiger partial charge >= 0.3 is 0 Å². The largest absolute Gasteiger partial charge is 0.493 e. The van der Waals surface area contributed by atoms with Gasteiger partial charge in [0.25, 0.3) is 11.1 Å². The Morgan fingerprint density at radius 3 is 2.51 bits per heavy atom. The zero-order chi connectivity index (χ0) is 24.8. The SMILES string of the molecule is COc1ccc(/C=C2\SC(=O)N(CCOc3cccc(C)c3)C2=O)cc1OCc1ccc(F)cc1. The number of thioether (sulfide) groups is 1.